The predicted molar refractivity (Wildman–Crippen MR) is 74.6 cm³/mol. The van der Waals surface area contributed by atoms with Gasteiger partial charge in [0.1, 0.15) is 5.82 Å². The molecule has 4 nitrogen and oxygen atoms in total. The molecule has 0 radical (unpaired) electrons. The summed E-state index contributed by atoms with van der Waals surface area (Å²) >= 11 is 0. The number of nitrogens with two attached hydrogens (primary N) is 1. The van der Waals surface area contributed by atoms with Crippen LogP contribution in [0.25, 0.3) is 0 Å². The zero-order valence-electron chi connectivity index (χ0n) is 10.8. The number of pyridine rings is 2. The van der Waals surface area contributed by atoms with Crippen LogP contribution in [-0.2, 0) is 6.42 Å². The second-order valence-electron chi connectivity index (χ2n) is 4.39. The molecule has 2 heterocycles. The third kappa shape index (κ3) is 2.97. The van der Waals surface area contributed by atoms with Gasteiger partial charge in [-0.25, -0.2) is 4.98 Å². The standard InChI is InChI=1S/C14H18N4/c1-11-10-17-14(9-13(11)15)18(2)8-6-12-5-3-4-7-16-12/h3-5,7,9-10H,6,8H2,1-2H3,(H2,15,17). The molecule has 94 valence electrons. The summed E-state index contributed by atoms with van der Waals surface area (Å²) in [4.78, 5) is 10.8. The fourth-order valence-electron chi connectivity index (χ4n) is 1.68. The van der Waals surface area contributed by atoms with Crippen molar-refractivity contribution < 1.29 is 0 Å². The molecule has 2 aromatic rings. The van der Waals surface area contributed by atoms with Gasteiger partial charge >= 0.3 is 0 Å². The Morgan fingerprint density at radius 2 is 2.11 bits per heavy atom. The molecule has 0 aliphatic carbocycles. The van der Waals surface area contributed by atoms with E-state index >= 15 is 0 Å². The van der Waals surface area contributed by atoms with Gasteiger partial charge in [-0.15, -0.1) is 0 Å². The van der Waals surface area contributed by atoms with E-state index in [0.717, 1.165) is 35.7 Å². The molecule has 0 fully saturated rings. The van der Waals surface area contributed by atoms with Gasteiger partial charge in [-0.1, -0.05) is 6.07 Å². The number of nitrogens with zero attached hydrogens (tertiary/aromatic N) is 3. The molecule has 0 aliphatic heterocycles. The highest BCUT2D eigenvalue weighted by molar-refractivity contribution is 5.54. The Kier molecular flexibility index (Phi) is 3.77. The Hall–Kier alpha value is -2.10. The minimum absolute atomic E-state index is 0.782. The minimum Gasteiger partial charge on any atom is -0.398 e. The van der Waals surface area contributed by atoms with Gasteiger partial charge < -0.3 is 10.6 Å². The third-order valence-electron chi connectivity index (χ3n) is 2.95. The van der Waals surface area contributed by atoms with E-state index in [2.05, 4.69) is 14.9 Å². The molecule has 0 aromatic carbocycles. The van der Waals surface area contributed by atoms with Gasteiger partial charge in [-0.2, -0.15) is 0 Å². The molecule has 2 N–H and O–H groups in total. The second kappa shape index (κ2) is 5.49. The number of hydrogen-bond donors (Lipinski definition) is 1. The molecule has 0 saturated heterocycles. The molecule has 0 spiro atoms. The molecule has 0 bridgehead atoms. The molecule has 0 unspecified atom stereocenters. The highest BCUT2D eigenvalue weighted by Crippen LogP contribution is 2.16. The zero-order valence-corrected chi connectivity index (χ0v) is 10.8. The lowest BCUT2D eigenvalue weighted by molar-refractivity contribution is 0.839. The van der Waals surface area contributed by atoms with Gasteiger partial charge in [0.05, 0.1) is 0 Å². The van der Waals surface area contributed by atoms with Crippen LogP contribution in [0.2, 0.25) is 0 Å². The Morgan fingerprint density at radius 3 is 2.78 bits per heavy atom. The Labute approximate surface area is 107 Å². The van der Waals surface area contributed by atoms with Crippen molar-refractivity contribution in [2.24, 2.45) is 0 Å². The van der Waals surface area contributed by atoms with Crippen LogP contribution in [0.4, 0.5) is 11.5 Å². The average Bonchev–Trinajstić information content (AvgIpc) is 2.40. The first kappa shape index (κ1) is 12.4. The van der Waals surface area contributed by atoms with Crippen molar-refractivity contribution in [1.29, 1.82) is 0 Å². The van der Waals surface area contributed by atoms with Gasteiger partial charge in [0.2, 0.25) is 0 Å². The van der Waals surface area contributed by atoms with Crippen LogP contribution in [0, 0.1) is 6.92 Å². The van der Waals surface area contributed by atoms with Crippen molar-refractivity contribution in [3.63, 3.8) is 0 Å². The van der Waals surface area contributed by atoms with E-state index in [-0.39, 0.29) is 0 Å². The maximum atomic E-state index is 5.89. The van der Waals surface area contributed by atoms with Crippen LogP contribution < -0.4 is 10.6 Å². The molecule has 0 atom stereocenters. The average molecular weight is 242 g/mol. The lowest BCUT2D eigenvalue weighted by Crippen LogP contribution is -2.21. The van der Waals surface area contributed by atoms with Crippen LogP contribution >= 0.6 is 0 Å². The summed E-state index contributed by atoms with van der Waals surface area (Å²) < 4.78 is 0. The zero-order chi connectivity index (χ0) is 13.0. The van der Waals surface area contributed by atoms with Crippen molar-refractivity contribution in [3.05, 3.63) is 47.9 Å². The normalized spacial score (nSPS) is 10.3. The van der Waals surface area contributed by atoms with Gasteiger partial charge in [0.25, 0.3) is 0 Å². The fourth-order valence-corrected chi connectivity index (χ4v) is 1.68. The smallest absolute Gasteiger partial charge is 0.130 e. The fraction of sp³-hybridized carbons (Fsp3) is 0.286. The number of hydrogen-bond acceptors (Lipinski definition) is 4. The van der Waals surface area contributed by atoms with Crippen LogP contribution in [0.3, 0.4) is 0 Å². The Morgan fingerprint density at radius 1 is 1.28 bits per heavy atom. The highest BCUT2D eigenvalue weighted by Gasteiger charge is 2.05. The van der Waals surface area contributed by atoms with E-state index in [1.165, 1.54) is 0 Å². The summed E-state index contributed by atoms with van der Waals surface area (Å²) in [6, 6.07) is 7.87. The summed E-state index contributed by atoms with van der Waals surface area (Å²) in [6.45, 7) is 2.83. The van der Waals surface area contributed by atoms with Gasteiger partial charge in [-0.05, 0) is 24.6 Å². The predicted octanol–water partition coefficient (Wildman–Crippen LogP) is 2.05. The summed E-state index contributed by atoms with van der Waals surface area (Å²) in [7, 11) is 2.01. The molecule has 0 saturated carbocycles. The van der Waals surface area contributed by atoms with Crippen LogP contribution in [0.15, 0.2) is 36.7 Å². The first-order chi connectivity index (χ1) is 8.66. The van der Waals surface area contributed by atoms with Crippen LogP contribution in [-0.4, -0.2) is 23.6 Å². The molecule has 18 heavy (non-hydrogen) atoms. The van der Waals surface area contributed by atoms with Crippen molar-refractivity contribution in [2.45, 2.75) is 13.3 Å². The molecule has 2 rings (SSSR count). The SMILES string of the molecule is Cc1cnc(N(C)CCc2ccccn2)cc1N. The maximum absolute atomic E-state index is 5.89. The minimum atomic E-state index is 0.782. The van der Waals surface area contributed by atoms with Gasteiger partial charge in [0, 0.05) is 49.9 Å². The molecule has 2 aromatic heterocycles. The topological polar surface area (TPSA) is 55.0 Å². The van der Waals surface area contributed by atoms with E-state index in [1.807, 2.05) is 50.6 Å². The first-order valence-corrected chi connectivity index (χ1v) is 6.00. The van der Waals surface area contributed by atoms with E-state index in [1.54, 1.807) is 0 Å². The lowest BCUT2D eigenvalue weighted by atomic mass is 10.2. The lowest BCUT2D eigenvalue weighted by Gasteiger charge is -2.18. The van der Waals surface area contributed by atoms with E-state index in [9.17, 15) is 0 Å². The summed E-state index contributed by atoms with van der Waals surface area (Å²) in [5.74, 6) is 0.897. The molecule has 0 amide bonds. The largest absolute Gasteiger partial charge is 0.398 e. The molecular formula is C14H18N4. The summed E-state index contributed by atoms with van der Waals surface area (Å²) in [5.41, 5.74) is 8.77. The van der Waals surface area contributed by atoms with Crippen LogP contribution in [0.1, 0.15) is 11.3 Å². The Balaban J connectivity index is 1.99. The van der Waals surface area contributed by atoms with Crippen molar-refractivity contribution >= 4 is 11.5 Å². The summed E-state index contributed by atoms with van der Waals surface area (Å²) in [6.07, 6.45) is 4.52. The number of rotatable bonds is 4. The van der Waals surface area contributed by atoms with Crippen LogP contribution in [0.5, 0.6) is 0 Å². The highest BCUT2D eigenvalue weighted by atomic mass is 15.2. The monoisotopic (exact) mass is 242 g/mol. The quantitative estimate of drug-likeness (QED) is 0.891. The van der Waals surface area contributed by atoms with E-state index in [4.69, 9.17) is 5.73 Å². The summed E-state index contributed by atoms with van der Waals surface area (Å²) in [5, 5.41) is 0. The number of likely N-dealkylation sites (N-methyl/N-ethyl adjacent to an activating group) is 1. The molecule has 4 heteroatoms. The first-order valence-electron chi connectivity index (χ1n) is 6.00. The number of anilines is 2. The van der Waals surface area contributed by atoms with Crippen molar-refractivity contribution in [2.75, 3.05) is 24.2 Å². The van der Waals surface area contributed by atoms with Gasteiger partial charge in [0.15, 0.2) is 0 Å². The maximum Gasteiger partial charge on any atom is 0.130 e. The third-order valence-corrected chi connectivity index (χ3v) is 2.95. The number of aromatic nitrogens is 2. The Bertz CT molecular complexity index is 510. The van der Waals surface area contributed by atoms with Crippen molar-refractivity contribution in [1.82, 2.24) is 9.97 Å². The van der Waals surface area contributed by atoms with Crippen molar-refractivity contribution in [3.8, 4) is 0 Å². The second-order valence-corrected chi connectivity index (χ2v) is 4.39. The number of nitrogen functional groups attached to an aromatic ring is 1. The molecule has 0 aliphatic rings. The van der Waals surface area contributed by atoms with E-state index < -0.39 is 0 Å². The number of aryl methyl sites for hydroxylation is 1. The van der Waals surface area contributed by atoms with E-state index in [0.29, 0.717) is 0 Å². The molecular weight excluding hydrogens is 224 g/mol. The van der Waals surface area contributed by atoms with Gasteiger partial charge in [-0.3, -0.25) is 4.98 Å².